The number of alkyl halides is 6. The van der Waals surface area contributed by atoms with E-state index in [1.165, 1.54) is 13.8 Å². The molecule has 1 aliphatic rings. The molecule has 35 heavy (non-hydrogen) atoms. The van der Waals surface area contributed by atoms with Gasteiger partial charge in [0, 0.05) is 13.5 Å². The van der Waals surface area contributed by atoms with Gasteiger partial charge in [-0.2, -0.15) is 26.3 Å². The van der Waals surface area contributed by atoms with Crippen LogP contribution in [0.1, 0.15) is 62.0 Å². The molecule has 0 saturated carbocycles. The average molecular weight is 503 g/mol. The number of piperidine rings is 1. The molecule has 0 spiro atoms. The maximum atomic E-state index is 13.3. The van der Waals surface area contributed by atoms with Gasteiger partial charge >= 0.3 is 18.3 Å². The number of rotatable bonds is 6. The maximum absolute atomic E-state index is 13.3. The van der Waals surface area contributed by atoms with E-state index in [9.17, 15) is 31.1 Å². The molecule has 4 nitrogen and oxygen atoms in total. The van der Waals surface area contributed by atoms with E-state index in [-0.39, 0.29) is 18.2 Å². The molecule has 0 radical (unpaired) electrons. The van der Waals surface area contributed by atoms with Gasteiger partial charge in [0.05, 0.1) is 29.4 Å². The summed E-state index contributed by atoms with van der Waals surface area (Å²) in [5.74, 6) is -0.420. The largest absolute Gasteiger partial charge is 0.458 e. The summed E-state index contributed by atoms with van der Waals surface area (Å²) in [6.07, 6.45) is -9.99. The first kappa shape index (κ1) is 27.0. The lowest BCUT2D eigenvalue weighted by Crippen LogP contribution is -2.58. The molecule has 1 heterocycles. The fourth-order valence-corrected chi connectivity index (χ4v) is 4.23. The predicted molar refractivity (Wildman–Crippen MR) is 116 cm³/mol. The Kier molecular flexibility index (Phi) is 7.57. The second kappa shape index (κ2) is 9.81. The van der Waals surface area contributed by atoms with E-state index in [4.69, 9.17) is 9.47 Å². The van der Waals surface area contributed by atoms with E-state index in [0.717, 1.165) is 5.56 Å². The third-order valence-corrected chi connectivity index (χ3v) is 6.26. The van der Waals surface area contributed by atoms with E-state index < -0.39 is 46.7 Å². The fourth-order valence-electron chi connectivity index (χ4n) is 4.23. The first-order valence-corrected chi connectivity index (χ1v) is 11.0. The summed E-state index contributed by atoms with van der Waals surface area (Å²) in [7, 11) is 0. The number of carbonyl (C=O) groups excluding carboxylic acids is 1. The van der Waals surface area contributed by atoms with Gasteiger partial charge in [0.25, 0.3) is 0 Å². The third-order valence-electron chi connectivity index (χ3n) is 6.26. The molecule has 3 rings (SSSR count). The molecule has 192 valence electrons. The molecule has 0 aromatic heterocycles. The van der Waals surface area contributed by atoms with Crippen molar-refractivity contribution in [3.8, 4) is 0 Å². The van der Waals surface area contributed by atoms with Crippen molar-refractivity contribution in [1.82, 2.24) is 5.32 Å². The van der Waals surface area contributed by atoms with Crippen molar-refractivity contribution in [2.24, 2.45) is 0 Å². The summed E-state index contributed by atoms with van der Waals surface area (Å²) in [5, 5.41) is 3.36. The summed E-state index contributed by atoms with van der Waals surface area (Å²) >= 11 is 0. The molecule has 0 bridgehead atoms. The number of benzene rings is 2. The quantitative estimate of drug-likeness (QED) is 0.366. The van der Waals surface area contributed by atoms with Crippen LogP contribution in [-0.4, -0.2) is 24.7 Å². The van der Waals surface area contributed by atoms with Gasteiger partial charge in [0.15, 0.2) is 0 Å². The van der Waals surface area contributed by atoms with Crippen LogP contribution in [0.4, 0.5) is 26.3 Å². The van der Waals surface area contributed by atoms with Crippen LogP contribution in [-0.2, 0) is 32.2 Å². The molecule has 0 amide bonds. The minimum atomic E-state index is -4.94. The van der Waals surface area contributed by atoms with Gasteiger partial charge in [-0.1, -0.05) is 30.3 Å². The molecular formula is C25H27F6NO3. The Balaban J connectivity index is 1.87. The summed E-state index contributed by atoms with van der Waals surface area (Å²) < 4.78 is 90.9. The number of halogens is 6. The molecular weight excluding hydrogens is 476 g/mol. The van der Waals surface area contributed by atoms with Crippen LogP contribution in [0.5, 0.6) is 0 Å². The highest BCUT2D eigenvalue weighted by molar-refractivity contribution is 5.66. The topological polar surface area (TPSA) is 47.6 Å². The van der Waals surface area contributed by atoms with E-state index in [2.05, 4.69) is 5.32 Å². The molecule has 3 atom stereocenters. The lowest BCUT2D eigenvalue weighted by molar-refractivity contribution is -0.159. The van der Waals surface area contributed by atoms with Crippen LogP contribution in [0.15, 0.2) is 48.5 Å². The monoisotopic (exact) mass is 503 g/mol. The van der Waals surface area contributed by atoms with Crippen molar-refractivity contribution >= 4 is 5.97 Å². The van der Waals surface area contributed by atoms with Gasteiger partial charge in [-0.3, -0.25) is 4.79 Å². The predicted octanol–water partition coefficient (Wildman–Crippen LogP) is 6.40. The zero-order valence-electron chi connectivity index (χ0n) is 19.5. The standard InChI is InChI=1S/C25H27F6NO3/c1-16(18-11-20(24(26,27)28)13-21(12-18)25(29,30)31)34-15-23(19-7-5-4-6-8-19)10-9-22(3,14-32-23)35-17(2)33/h4-8,11-13,16,32H,9-10,14-15H2,1-3H3/t16?,22?,23-/m1/s1. The minimum Gasteiger partial charge on any atom is -0.458 e. The van der Waals surface area contributed by atoms with E-state index in [1.807, 2.05) is 30.3 Å². The Morgan fingerprint density at radius 2 is 1.57 bits per heavy atom. The van der Waals surface area contributed by atoms with Crippen LogP contribution in [0.2, 0.25) is 0 Å². The lowest BCUT2D eigenvalue weighted by Gasteiger charge is -2.46. The van der Waals surface area contributed by atoms with Gasteiger partial charge in [0.1, 0.15) is 5.60 Å². The Hall–Kier alpha value is -2.59. The first-order chi connectivity index (χ1) is 16.1. The molecule has 10 heteroatoms. The van der Waals surface area contributed by atoms with Gasteiger partial charge in [0.2, 0.25) is 0 Å². The Labute approximate surface area is 199 Å². The van der Waals surface area contributed by atoms with E-state index >= 15 is 0 Å². The Morgan fingerprint density at radius 1 is 1.00 bits per heavy atom. The van der Waals surface area contributed by atoms with Crippen molar-refractivity contribution in [3.05, 3.63) is 70.8 Å². The Bertz CT molecular complexity index is 995. The highest BCUT2D eigenvalue weighted by Gasteiger charge is 2.44. The maximum Gasteiger partial charge on any atom is 0.416 e. The zero-order valence-corrected chi connectivity index (χ0v) is 19.5. The fraction of sp³-hybridized carbons (Fsp3) is 0.480. The van der Waals surface area contributed by atoms with Crippen LogP contribution < -0.4 is 5.32 Å². The normalized spacial score (nSPS) is 24.1. The SMILES string of the molecule is CC(=O)OC1(C)CC[C@@](COC(C)c2cc(C(F)(F)F)cc(C(F)(F)F)c2)(c2ccccc2)NC1. The number of carbonyl (C=O) groups is 1. The van der Waals surface area contributed by atoms with Crippen molar-refractivity contribution in [3.63, 3.8) is 0 Å². The van der Waals surface area contributed by atoms with E-state index in [1.54, 1.807) is 6.92 Å². The second-order valence-electron chi connectivity index (χ2n) is 9.14. The van der Waals surface area contributed by atoms with Crippen LogP contribution >= 0.6 is 0 Å². The highest BCUT2D eigenvalue weighted by atomic mass is 19.4. The molecule has 1 saturated heterocycles. The van der Waals surface area contributed by atoms with E-state index in [0.29, 0.717) is 31.5 Å². The van der Waals surface area contributed by atoms with Crippen LogP contribution in [0.3, 0.4) is 0 Å². The van der Waals surface area contributed by atoms with Gasteiger partial charge in [-0.25, -0.2) is 0 Å². The number of ether oxygens (including phenoxy) is 2. The molecule has 0 aliphatic carbocycles. The smallest absolute Gasteiger partial charge is 0.416 e. The number of esters is 1. The summed E-state index contributed by atoms with van der Waals surface area (Å²) in [4.78, 5) is 11.5. The zero-order chi connectivity index (χ0) is 26.1. The molecule has 2 unspecified atom stereocenters. The van der Waals surface area contributed by atoms with Crippen LogP contribution in [0.25, 0.3) is 0 Å². The Morgan fingerprint density at radius 3 is 2.03 bits per heavy atom. The first-order valence-electron chi connectivity index (χ1n) is 11.0. The summed E-state index contributed by atoms with van der Waals surface area (Å²) in [5.41, 5.74) is -3.68. The highest BCUT2D eigenvalue weighted by Crippen LogP contribution is 2.40. The number of nitrogens with one attached hydrogen (secondary N) is 1. The van der Waals surface area contributed by atoms with Gasteiger partial charge in [-0.15, -0.1) is 0 Å². The minimum absolute atomic E-state index is 0.0219. The van der Waals surface area contributed by atoms with Crippen molar-refractivity contribution < 1.29 is 40.6 Å². The number of hydrogen-bond donors (Lipinski definition) is 1. The van der Waals surface area contributed by atoms with Crippen molar-refractivity contribution in [2.75, 3.05) is 13.2 Å². The van der Waals surface area contributed by atoms with Gasteiger partial charge < -0.3 is 14.8 Å². The summed E-state index contributed by atoms with van der Waals surface area (Å²) in [6.45, 7) is 4.80. The average Bonchev–Trinajstić information content (AvgIpc) is 2.77. The molecule has 2 aromatic carbocycles. The molecule has 1 fully saturated rings. The second-order valence-corrected chi connectivity index (χ2v) is 9.14. The molecule has 1 N–H and O–H groups in total. The van der Waals surface area contributed by atoms with Crippen molar-refractivity contribution in [2.45, 2.75) is 63.2 Å². The molecule has 2 aromatic rings. The molecule has 1 aliphatic heterocycles. The summed E-state index contributed by atoms with van der Waals surface area (Å²) in [6, 6.07) is 10.7. The lowest BCUT2D eigenvalue weighted by atomic mass is 9.78. The van der Waals surface area contributed by atoms with Gasteiger partial charge in [-0.05, 0) is 56.0 Å². The van der Waals surface area contributed by atoms with Crippen molar-refractivity contribution in [1.29, 1.82) is 0 Å². The van der Waals surface area contributed by atoms with Crippen LogP contribution in [0, 0.1) is 0 Å². The number of hydrogen-bond acceptors (Lipinski definition) is 4. The third kappa shape index (κ3) is 6.55.